The maximum absolute atomic E-state index is 3.82. The van der Waals surface area contributed by atoms with Crippen molar-refractivity contribution in [1.29, 1.82) is 0 Å². The average molecular weight is 629 g/mol. The number of rotatable bonds is 9. The molecule has 6 aromatic carbocycles. The van der Waals surface area contributed by atoms with Crippen LogP contribution in [0.1, 0.15) is 31.7 Å². The zero-order valence-corrected chi connectivity index (χ0v) is 27.8. The van der Waals surface area contributed by atoms with Gasteiger partial charge in [0, 0.05) is 39.0 Å². The predicted octanol–water partition coefficient (Wildman–Crippen LogP) is 13.2. The first-order valence-electron chi connectivity index (χ1n) is 16.3. The largest absolute Gasteiger partial charge is 0.355 e. The summed E-state index contributed by atoms with van der Waals surface area (Å²) in [5.41, 5.74) is 11.5. The molecule has 0 unspecified atom stereocenters. The van der Waals surface area contributed by atoms with E-state index in [-0.39, 0.29) is 5.92 Å². The van der Waals surface area contributed by atoms with E-state index < -0.39 is 0 Å². The van der Waals surface area contributed by atoms with Crippen molar-refractivity contribution >= 4 is 29.0 Å². The molecule has 7 rings (SSSR count). The Morgan fingerprint density at radius 3 is 1.70 bits per heavy atom. The van der Waals surface area contributed by atoms with Crippen molar-refractivity contribution < 1.29 is 0 Å². The predicted molar refractivity (Wildman–Crippen MR) is 205 cm³/mol. The highest BCUT2D eigenvalue weighted by molar-refractivity contribution is 8.00. The number of benzene rings is 6. The highest BCUT2D eigenvalue weighted by atomic mass is 32.2. The van der Waals surface area contributed by atoms with Crippen LogP contribution in [0.15, 0.2) is 181 Å². The molecule has 0 fully saturated rings. The van der Waals surface area contributed by atoms with Gasteiger partial charge in [0.25, 0.3) is 0 Å². The number of hydrogen-bond donors (Lipinski definition) is 2. The highest BCUT2D eigenvalue weighted by Crippen LogP contribution is 2.48. The fraction of sp³-hybridized carbons (Fsp3) is 0.0909. The van der Waals surface area contributed by atoms with E-state index in [4.69, 9.17) is 0 Å². The molecule has 0 aromatic heterocycles. The fourth-order valence-electron chi connectivity index (χ4n) is 5.73. The summed E-state index contributed by atoms with van der Waals surface area (Å²) in [6.45, 7) is 4.25. The minimum Gasteiger partial charge on any atom is -0.355 e. The van der Waals surface area contributed by atoms with Crippen LogP contribution in [-0.4, -0.2) is 0 Å². The summed E-state index contributed by atoms with van der Waals surface area (Å²) in [6.07, 6.45) is 10.1. The molecule has 0 aliphatic heterocycles. The molecular weight excluding hydrogens is 589 g/mol. The normalized spacial score (nSPS) is 12.0. The van der Waals surface area contributed by atoms with Crippen molar-refractivity contribution in [2.24, 2.45) is 0 Å². The molecule has 0 radical (unpaired) electrons. The van der Waals surface area contributed by atoms with Gasteiger partial charge in [-0.05, 0) is 76.2 Å². The van der Waals surface area contributed by atoms with Gasteiger partial charge in [-0.2, -0.15) is 0 Å². The summed E-state index contributed by atoms with van der Waals surface area (Å²) in [7, 11) is 0. The number of para-hydroxylation sites is 2. The van der Waals surface area contributed by atoms with E-state index in [0.29, 0.717) is 0 Å². The molecule has 1 aliphatic carbocycles. The molecule has 2 nitrogen and oxygen atoms in total. The third kappa shape index (κ3) is 7.77. The fourth-order valence-corrected chi connectivity index (χ4v) is 6.69. The van der Waals surface area contributed by atoms with E-state index >= 15 is 0 Å². The summed E-state index contributed by atoms with van der Waals surface area (Å²) in [6, 6.07) is 53.6. The molecule has 6 aromatic rings. The molecule has 2 N–H and O–H groups in total. The van der Waals surface area contributed by atoms with Crippen LogP contribution in [0.5, 0.6) is 0 Å². The second kappa shape index (κ2) is 15.8. The molecule has 3 heteroatoms. The minimum atomic E-state index is 0.212. The molecule has 0 saturated carbocycles. The van der Waals surface area contributed by atoms with E-state index in [2.05, 4.69) is 194 Å². The van der Waals surface area contributed by atoms with Gasteiger partial charge in [-0.3, -0.25) is 0 Å². The summed E-state index contributed by atoms with van der Waals surface area (Å²) in [5.74, 6) is 0.212. The first kappa shape index (κ1) is 31.7. The Hall–Kier alpha value is -5.25. The second-order valence-electron chi connectivity index (χ2n) is 11.5. The zero-order chi connectivity index (χ0) is 32.3. The van der Waals surface area contributed by atoms with E-state index in [0.717, 1.165) is 17.1 Å². The van der Waals surface area contributed by atoms with Gasteiger partial charge in [-0.1, -0.05) is 160 Å². The van der Waals surface area contributed by atoms with Crippen LogP contribution in [0, 0.1) is 0 Å². The maximum Gasteiger partial charge on any atom is 0.0476 e. The van der Waals surface area contributed by atoms with Crippen LogP contribution >= 0.6 is 11.9 Å². The quantitative estimate of drug-likeness (QED) is 0.156. The van der Waals surface area contributed by atoms with Gasteiger partial charge in [0.2, 0.25) is 0 Å². The third-order valence-electron chi connectivity index (χ3n) is 7.85. The molecule has 0 bridgehead atoms. The van der Waals surface area contributed by atoms with E-state index in [1.807, 2.05) is 6.07 Å². The average Bonchev–Trinajstić information content (AvgIpc) is 3.68. The smallest absolute Gasteiger partial charge is 0.0476 e. The molecule has 0 saturated heterocycles. The van der Waals surface area contributed by atoms with Crippen LogP contribution in [0.4, 0.5) is 17.1 Å². The lowest BCUT2D eigenvalue weighted by Crippen LogP contribution is -2.02. The lowest BCUT2D eigenvalue weighted by molar-refractivity contribution is 1.05. The van der Waals surface area contributed by atoms with Crippen molar-refractivity contribution in [2.45, 2.75) is 31.1 Å². The highest BCUT2D eigenvalue weighted by Gasteiger charge is 2.23. The Morgan fingerprint density at radius 2 is 1.09 bits per heavy atom. The Balaban J connectivity index is 0.00000124. The minimum absolute atomic E-state index is 0.212. The standard InChI is InChI=1S/C41H32N2S.C3H8/c1-5-16-30(17-6-1)33-28-38(32-18-7-2-8-19-32)40(39(29-33)42-34-22-9-3-10-23-34)37-27-15-26-36(31-20-13-14-21-31)41(37)44-43-35-24-11-4-12-25-35;1-3-2/h1-29,31,42-43H;3H2,1-2H3. The van der Waals surface area contributed by atoms with Crippen LogP contribution in [0.2, 0.25) is 0 Å². The number of allylic oxidation sites excluding steroid dienone is 4. The van der Waals surface area contributed by atoms with Gasteiger partial charge < -0.3 is 10.0 Å². The first-order chi connectivity index (χ1) is 23.2. The summed E-state index contributed by atoms with van der Waals surface area (Å²) in [5, 5.41) is 3.82. The molecule has 0 heterocycles. The Labute approximate surface area is 284 Å². The Morgan fingerprint density at radius 1 is 0.532 bits per heavy atom. The van der Waals surface area contributed by atoms with Gasteiger partial charge in [0.15, 0.2) is 0 Å². The van der Waals surface area contributed by atoms with Crippen molar-refractivity contribution in [3.63, 3.8) is 0 Å². The summed E-state index contributed by atoms with van der Waals surface area (Å²) < 4.78 is 3.65. The summed E-state index contributed by atoms with van der Waals surface area (Å²) >= 11 is 1.68. The topological polar surface area (TPSA) is 24.1 Å². The SMILES string of the molecule is C1=CC(c2cccc(-c3c(Nc4ccccc4)cc(-c4ccccc4)cc3-c3ccccc3)c2SNc2ccccc2)C=C1.CCC. The van der Waals surface area contributed by atoms with Gasteiger partial charge >= 0.3 is 0 Å². The van der Waals surface area contributed by atoms with Crippen molar-refractivity contribution in [3.8, 4) is 33.4 Å². The first-order valence-corrected chi connectivity index (χ1v) is 17.1. The Kier molecular flexibility index (Phi) is 10.7. The van der Waals surface area contributed by atoms with E-state index in [9.17, 15) is 0 Å². The van der Waals surface area contributed by atoms with E-state index in [1.165, 1.54) is 50.3 Å². The van der Waals surface area contributed by atoms with Crippen molar-refractivity contribution in [2.75, 3.05) is 10.0 Å². The van der Waals surface area contributed by atoms with Crippen molar-refractivity contribution in [1.82, 2.24) is 0 Å². The molecular formula is C44H40N2S. The van der Waals surface area contributed by atoms with E-state index in [1.54, 1.807) is 11.9 Å². The molecule has 232 valence electrons. The number of anilines is 3. The van der Waals surface area contributed by atoms with Gasteiger partial charge in [-0.25, -0.2) is 0 Å². The van der Waals surface area contributed by atoms with Crippen LogP contribution in [0.3, 0.4) is 0 Å². The Bertz CT molecular complexity index is 1920. The number of nitrogens with one attached hydrogen (secondary N) is 2. The lowest BCUT2D eigenvalue weighted by Gasteiger charge is -2.24. The second-order valence-corrected chi connectivity index (χ2v) is 12.3. The number of hydrogen-bond acceptors (Lipinski definition) is 3. The molecule has 0 atom stereocenters. The van der Waals surface area contributed by atoms with Crippen LogP contribution in [0.25, 0.3) is 33.4 Å². The van der Waals surface area contributed by atoms with Crippen LogP contribution < -0.4 is 10.0 Å². The third-order valence-corrected chi connectivity index (χ3v) is 8.85. The summed E-state index contributed by atoms with van der Waals surface area (Å²) in [4.78, 5) is 1.21. The van der Waals surface area contributed by atoms with Gasteiger partial charge in [-0.15, -0.1) is 0 Å². The molecule has 0 spiro atoms. The maximum atomic E-state index is 3.82. The zero-order valence-electron chi connectivity index (χ0n) is 26.9. The molecule has 0 amide bonds. The lowest BCUT2D eigenvalue weighted by atomic mass is 9.87. The monoisotopic (exact) mass is 628 g/mol. The van der Waals surface area contributed by atoms with Crippen molar-refractivity contribution in [3.05, 3.63) is 182 Å². The van der Waals surface area contributed by atoms with Gasteiger partial charge in [0.05, 0.1) is 0 Å². The van der Waals surface area contributed by atoms with Gasteiger partial charge in [0.1, 0.15) is 0 Å². The molecule has 1 aliphatic rings. The molecule has 47 heavy (non-hydrogen) atoms. The van der Waals surface area contributed by atoms with Crippen LogP contribution in [-0.2, 0) is 0 Å².